The van der Waals surface area contributed by atoms with Crippen LogP contribution in [0.1, 0.15) is 27.7 Å². The number of hydrogen-bond acceptors (Lipinski definition) is 4. The minimum Gasteiger partial charge on any atom is -0.368 e. The Kier molecular flexibility index (Phi) is 5.66. The van der Waals surface area contributed by atoms with E-state index in [2.05, 4.69) is 20.9 Å². The molecule has 20 heavy (non-hydrogen) atoms. The zero-order valence-corrected chi connectivity index (χ0v) is 12.1. The first-order valence-corrected chi connectivity index (χ1v) is 6.52. The van der Waals surface area contributed by atoms with Crippen LogP contribution >= 0.6 is 0 Å². The summed E-state index contributed by atoms with van der Waals surface area (Å²) >= 11 is 0. The molecule has 1 atom stereocenters. The van der Waals surface area contributed by atoms with Gasteiger partial charge in [0.1, 0.15) is 6.04 Å². The molecule has 0 aliphatic heterocycles. The summed E-state index contributed by atoms with van der Waals surface area (Å²) in [5.74, 6) is -2.10. The fourth-order valence-corrected chi connectivity index (χ4v) is 1.54. The average molecular weight is 286 g/mol. The Bertz CT molecular complexity index is 480. The summed E-state index contributed by atoms with van der Waals surface area (Å²) in [5.41, 5.74) is 0. The van der Waals surface area contributed by atoms with Gasteiger partial charge >= 0.3 is 0 Å². The zero-order chi connectivity index (χ0) is 15.3. The SMILES string of the molecule is CCNc1nc(NC(C)C(=O)NC(C)C)c(F)cc1F. The maximum atomic E-state index is 13.6. The van der Waals surface area contributed by atoms with Crippen LogP contribution in [0.15, 0.2) is 6.07 Å². The van der Waals surface area contributed by atoms with Crippen LogP contribution in [-0.4, -0.2) is 29.5 Å². The summed E-state index contributed by atoms with van der Waals surface area (Å²) < 4.78 is 27.0. The van der Waals surface area contributed by atoms with Gasteiger partial charge in [0.05, 0.1) is 0 Å². The first-order valence-electron chi connectivity index (χ1n) is 6.52. The number of carbonyl (C=O) groups excluding carboxylic acids is 1. The summed E-state index contributed by atoms with van der Waals surface area (Å²) in [6.07, 6.45) is 0. The molecule has 0 fully saturated rings. The van der Waals surface area contributed by atoms with Crippen LogP contribution in [0, 0.1) is 11.6 Å². The third-order valence-corrected chi connectivity index (χ3v) is 2.45. The molecule has 1 aromatic heterocycles. The molecule has 1 amide bonds. The smallest absolute Gasteiger partial charge is 0.242 e. The maximum absolute atomic E-state index is 13.6. The molecule has 0 aliphatic carbocycles. The van der Waals surface area contributed by atoms with Crippen LogP contribution in [0.2, 0.25) is 0 Å². The van der Waals surface area contributed by atoms with Gasteiger partial charge in [-0.1, -0.05) is 0 Å². The highest BCUT2D eigenvalue weighted by Gasteiger charge is 2.18. The lowest BCUT2D eigenvalue weighted by Crippen LogP contribution is -2.41. The first-order chi connectivity index (χ1) is 9.35. The molecule has 0 aromatic carbocycles. The van der Waals surface area contributed by atoms with E-state index in [0.29, 0.717) is 6.54 Å². The second kappa shape index (κ2) is 7.02. The second-order valence-corrected chi connectivity index (χ2v) is 4.71. The van der Waals surface area contributed by atoms with Gasteiger partial charge in [-0.05, 0) is 27.7 Å². The number of nitrogens with zero attached hydrogens (tertiary/aromatic N) is 1. The molecule has 0 spiro atoms. The highest BCUT2D eigenvalue weighted by molar-refractivity contribution is 5.84. The topological polar surface area (TPSA) is 66.0 Å². The van der Waals surface area contributed by atoms with Crippen LogP contribution in [-0.2, 0) is 4.79 Å². The Morgan fingerprint density at radius 2 is 1.85 bits per heavy atom. The fourth-order valence-electron chi connectivity index (χ4n) is 1.54. The molecule has 0 bridgehead atoms. The van der Waals surface area contributed by atoms with Gasteiger partial charge < -0.3 is 16.0 Å². The van der Waals surface area contributed by atoms with Gasteiger partial charge in [-0.15, -0.1) is 0 Å². The molecule has 1 heterocycles. The summed E-state index contributed by atoms with van der Waals surface area (Å²) in [7, 11) is 0. The lowest BCUT2D eigenvalue weighted by atomic mass is 10.2. The minimum atomic E-state index is -0.839. The Labute approximate surface area is 117 Å². The Balaban J connectivity index is 2.86. The number of nitrogens with one attached hydrogen (secondary N) is 3. The van der Waals surface area contributed by atoms with Crippen LogP contribution < -0.4 is 16.0 Å². The van der Waals surface area contributed by atoms with E-state index in [4.69, 9.17) is 0 Å². The van der Waals surface area contributed by atoms with Crippen molar-refractivity contribution in [1.29, 1.82) is 0 Å². The number of aromatic nitrogens is 1. The quantitative estimate of drug-likeness (QED) is 0.749. The Morgan fingerprint density at radius 3 is 2.40 bits per heavy atom. The Morgan fingerprint density at radius 1 is 1.25 bits per heavy atom. The van der Waals surface area contributed by atoms with Crippen molar-refractivity contribution >= 4 is 17.5 Å². The lowest BCUT2D eigenvalue weighted by molar-refractivity contribution is -0.122. The number of hydrogen-bond donors (Lipinski definition) is 3. The normalized spacial score (nSPS) is 12.2. The number of anilines is 2. The highest BCUT2D eigenvalue weighted by atomic mass is 19.1. The molecule has 112 valence electrons. The van der Waals surface area contributed by atoms with Crippen molar-refractivity contribution in [3.05, 3.63) is 17.7 Å². The van der Waals surface area contributed by atoms with E-state index >= 15 is 0 Å². The molecule has 0 aliphatic rings. The van der Waals surface area contributed by atoms with Crippen LogP contribution in [0.4, 0.5) is 20.4 Å². The summed E-state index contributed by atoms with van der Waals surface area (Å²) in [5, 5.41) is 8.01. The summed E-state index contributed by atoms with van der Waals surface area (Å²) in [6.45, 7) is 7.46. The number of amides is 1. The number of halogens is 2. The van der Waals surface area contributed by atoms with Crippen molar-refractivity contribution in [3.8, 4) is 0 Å². The average Bonchev–Trinajstić information content (AvgIpc) is 2.34. The van der Waals surface area contributed by atoms with Crippen LogP contribution in [0.5, 0.6) is 0 Å². The predicted molar refractivity (Wildman–Crippen MR) is 74.7 cm³/mol. The molecular formula is C13H20F2N4O. The van der Waals surface area contributed by atoms with Gasteiger partial charge in [0.25, 0.3) is 0 Å². The molecule has 0 radical (unpaired) electrons. The molecule has 1 unspecified atom stereocenters. The van der Waals surface area contributed by atoms with Crippen molar-refractivity contribution in [2.45, 2.75) is 39.8 Å². The number of pyridine rings is 1. The van der Waals surface area contributed by atoms with Gasteiger partial charge in [0.15, 0.2) is 23.3 Å². The third kappa shape index (κ3) is 4.32. The van der Waals surface area contributed by atoms with E-state index in [1.165, 1.54) is 0 Å². The van der Waals surface area contributed by atoms with Gasteiger partial charge in [-0.25, -0.2) is 13.8 Å². The molecule has 0 saturated heterocycles. The van der Waals surface area contributed by atoms with Crippen molar-refractivity contribution < 1.29 is 13.6 Å². The number of rotatable bonds is 6. The highest BCUT2D eigenvalue weighted by Crippen LogP contribution is 2.19. The van der Waals surface area contributed by atoms with E-state index in [0.717, 1.165) is 6.07 Å². The third-order valence-electron chi connectivity index (χ3n) is 2.45. The summed E-state index contributed by atoms with van der Waals surface area (Å²) in [4.78, 5) is 15.5. The molecule has 1 aromatic rings. The largest absolute Gasteiger partial charge is 0.368 e. The zero-order valence-electron chi connectivity index (χ0n) is 12.1. The van der Waals surface area contributed by atoms with Gasteiger partial charge in [-0.2, -0.15) is 0 Å². The van der Waals surface area contributed by atoms with Gasteiger partial charge in [0.2, 0.25) is 5.91 Å². The lowest BCUT2D eigenvalue weighted by Gasteiger charge is -2.17. The number of carbonyl (C=O) groups is 1. The van der Waals surface area contributed by atoms with Crippen LogP contribution in [0.3, 0.4) is 0 Å². The molecule has 5 nitrogen and oxygen atoms in total. The molecule has 0 saturated carbocycles. The van der Waals surface area contributed by atoms with Crippen molar-refractivity contribution in [2.75, 3.05) is 17.2 Å². The van der Waals surface area contributed by atoms with Gasteiger partial charge in [0, 0.05) is 18.7 Å². The molecule has 3 N–H and O–H groups in total. The first kappa shape index (κ1) is 16.1. The van der Waals surface area contributed by atoms with Crippen LogP contribution in [0.25, 0.3) is 0 Å². The van der Waals surface area contributed by atoms with Gasteiger partial charge in [-0.3, -0.25) is 4.79 Å². The van der Waals surface area contributed by atoms with Crippen molar-refractivity contribution in [3.63, 3.8) is 0 Å². The minimum absolute atomic E-state index is 0.0184. The molecular weight excluding hydrogens is 266 g/mol. The summed E-state index contributed by atoms with van der Waals surface area (Å²) in [6, 6.07) is 0.0369. The molecule has 7 heteroatoms. The standard InChI is InChI=1S/C13H20F2N4O/c1-5-16-11-9(14)6-10(15)12(19-11)18-8(4)13(20)17-7(2)3/h6-8H,5H2,1-4H3,(H,17,20)(H2,16,18,19). The van der Waals surface area contributed by atoms with Crippen molar-refractivity contribution in [2.24, 2.45) is 0 Å². The fraction of sp³-hybridized carbons (Fsp3) is 0.538. The van der Waals surface area contributed by atoms with E-state index in [-0.39, 0.29) is 23.6 Å². The Hall–Kier alpha value is -1.92. The predicted octanol–water partition coefficient (Wildman–Crippen LogP) is 2.12. The maximum Gasteiger partial charge on any atom is 0.242 e. The molecule has 1 rings (SSSR count). The van der Waals surface area contributed by atoms with E-state index in [9.17, 15) is 13.6 Å². The van der Waals surface area contributed by atoms with Crippen molar-refractivity contribution in [1.82, 2.24) is 10.3 Å². The van der Waals surface area contributed by atoms with E-state index < -0.39 is 17.7 Å². The second-order valence-electron chi connectivity index (χ2n) is 4.71. The monoisotopic (exact) mass is 286 g/mol. The van der Waals surface area contributed by atoms with E-state index in [1.807, 2.05) is 13.8 Å². The van der Waals surface area contributed by atoms with E-state index in [1.54, 1.807) is 13.8 Å².